The average Bonchev–Trinajstić information content (AvgIpc) is 3.00. The van der Waals surface area contributed by atoms with Gasteiger partial charge in [-0.3, -0.25) is 4.79 Å². The lowest BCUT2D eigenvalue weighted by Gasteiger charge is -2.22. The van der Waals surface area contributed by atoms with Crippen molar-refractivity contribution in [3.63, 3.8) is 0 Å². The number of rotatable bonds is 3. The fraction of sp³-hybridized carbons (Fsp3) is 0.190. The maximum absolute atomic E-state index is 13.0. The number of nitrogens with one attached hydrogen (secondary N) is 1. The van der Waals surface area contributed by atoms with Gasteiger partial charge in [0.15, 0.2) is 0 Å². The fourth-order valence-corrected chi connectivity index (χ4v) is 3.63. The molecule has 1 atom stereocenters. The van der Waals surface area contributed by atoms with Crippen LogP contribution in [0.25, 0.3) is 0 Å². The van der Waals surface area contributed by atoms with Gasteiger partial charge in [0.1, 0.15) is 11.5 Å². The summed E-state index contributed by atoms with van der Waals surface area (Å²) in [6.07, 6.45) is 3.95. The largest absolute Gasteiger partial charge is 0.339 e. The zero-order valence-electron chi connectivity index (χ0n) is 15.1. The molecule has 3 aromatic rings. The number of aryl methyl sites for hydroxylation is 1. The number of carbonyl (C=O) groups is 1. The van der Waals surface area contributed by atoms with Crippen molar-refractivity contribution < 1.29 is 4.79 Å². The highest BCUT2D eigenvalue weighted by Gasteiger charge is 2.31. The second kappa shape index (κ2) is 7.00. The number of carbonyl (C=O) groups excluding carboxylic acids is 1. The minimum atomic E-state index is -0.130. The van der Waals surface area contributed by atoms with E-state index in [2.05, 4.69) is 21.4 Å². The van der Waals surface area contributed by atoms with Crippen LogP contribution >= 0.6 is 11.6 Å². The summed E-state index contributed by atoms with van der Waals surface area (Å²) in [7, 11) is 0. The Morgan fingerprint density at radius 3 is 2.74 bits per heavy atom. The first kappa shape index (κ1) is 17.5. The van der Waals surface area contributed by atoms with Gasteiger partial charge in [-0.15, -0.1) is 0 Å². The van der Waals surface area contributed by atoms with Gasteiger partial charge in [-0.05, 0) is 55.7 Å². The molecule has 0 bridgehead atoms. The van der Waals surface area contributed by atoms with Crippen LogP contribution in [-0.4, -0.2) is 21.9 Å². The maximum atomic E-state index is 13.0. The molecule has 0 aliphatic carbocycles. The van der Waals surface area contributed by atoms with Gasteiger partial charge in [0.25, 0.3) is 5.91 Å². The molecular formula is C21H19ClN4O. The first-order valence-electron chi connectivity index (χ1n) is 8.79. The predicted molar refractivity (Wildman–Crippen MR) is 108 cm³/mol. The van der Waals surface area contributed by atoms with Gasteiger partial charge in [-0.25, -0.2) is 9.97 Å². The molecule has 5 nitrogen and oxygen atoms in total. The molecule has 1 aliphatic rings. The first-order valence-corrected chi connectivity index (χ1v) is 9.17. The SMILES string of the molecule is Cc1cc(Cl)ccc1Nc1cnc(C(=O)N2c3ccccc3CC2C)cn1. The Kier molecular flexibility index (Phi) is 4.54. The molecule has 1 N–H and O–H groups in total. The lowest BCUT2D eigenvalue weighted by Crippen LogP contribution is -2.36. The van der Waals surface area contributed by atoms with E-state index in [1.165, 1.54) is 11.8 Å². The Morgan fingerprint density at radius 1 is 1.19 bits per heavy atom. The smallest absolute Gasteiger partial charge is 0.278 e. The van der Waals surface area contributed by atoms with Gasteiger partial charge in [0.05, 0.1) is 12.4 Å². The van der Waals surface area contributed by atoms with Crippen LogP contribution in [0.15, 0.2) is 54.9 Å². The van der Waals surface area contributed by atoms with E-state index in [9.17, 15) is 4.79 Å². The topological polar surface area (TPSA) is 58.1 Å². The van der Waals surface area contributed by atoms with Crippen LogP contribution in [-0.2, 0) is 6.42 Å². The molecule has 4 rings (SSSR count). The van der Waals surface area contributed by atoms with Crippen molar-refractivity contribution in [2.24, 2.45) is 0 Å². The second-order valence-corrected chi connectivity index (χ2v) is 7.16. The summed E-state index contributed by atoms with van der Waals surface area (Å²) in [5.41, 5.74) is 4.37. The Bertz CT molecular complexity index is 1000. The molecule has 1 unspecified atom stereocenters. The number of para-hydroxylation sites is 1. The molecule has 1 amide bonds. The van der Waals surface area contributed by atoms with Gasteiger partial charge >= 0.3 is 0 Å². The molecule has 136 valence electrons. The summed E-state index contributed by atoms with van der Waals surface area (Å²) in [4.78, 5) is 23.5. The van der Waals surface area contributed by atoms with Crippen molar-refractivity contribution >= 4 is 34.7 Å². The van der Waals surface area contributed by atoms with Crippen LogP contribution in [0.3, 0.4) is 0 Å². The van der Waals surface area contributed by atoms with Crippen molar-refractivity contribution in [2.75, 3.05) is 10.2 Å². The van der Waals surface area contributed by atoms with E-state index >= 15 is 0 Å². The summed E-state index contributed by atoms with van der Waals surface area (Å²) >= 11 is 5.99. The molecule has 0 saturated carbocycles. The van der Waals surface area contributed by atoms with Crippen molar-refractivity contribution in [1.29, 1.82) is 0 Å². The number of hydrogen-bond acceptors (Lipinski definition) is 4. The van der Waals surface area contributed by atoms with Gasteiger partial charge in [-0.2, -0.15) is 0 Å². The highest BCUT2D eigenvalue weighted by molar-refractivity contribution is 6.30. The monoisotopic (exact) mass is 378 g/mol. The zero-order valence-corrected chi connectivity index (χ0v) is 15.9. The highest BCUT2D eigenvalue weighted by Crippen LogP contribution is 2.32. The van der Waals surface area contributed by atoms with Crippen LogP contribution in [0.2, 0.25) is 5.02 Å². The van der Waals surface area contributed by atoms with Crippen LogP contribution < -0.4 is 10.2 Å². The van der Waals surface area contributed by atoms with Crippen LogP contribution in [0.1, 0.15) is 28.5 Å². The number of anilines is 3. The fourth-order valence-electron chi connectivity index (χ4n) is 3.41. The standard InChI is InChI=1S/C21H19ClN4O/c1-13-9-16(22)7-8-17(13)25-20-12-23-18(11-24-20)21(27)26-14(2)10-15-5-3-4-6-19(15)26/h3-9,11-12,14H,10H2,1-2H3,(H,24,25). The Morgan fingerprint density at radius 2 is 2.00 bits per heavy atom. The molecule has 2 aromatic carbocycles. The van der Waals surface area contributed by atoms with E-state index < -0.39 is 0 Å². The van der Waals surface area contributed by atoms with Crippen molar-refractivity contribution in [3.05, 3.63) is 76.7 Å². The van der Waals surface area contributed by atoms with E-state index in [4.69, 9.17) is 11.6 Å². The third-order valence-corrected chi connectivity index (χ3v) is 4.98. The van der Waals surface area contributed by atoms with E-state index in [0.717, 1.165) is 23.4 Å². The van der Waals surface area contributed by atoms with Gasteiger partial charge in [-0.1, -0.05) is 29.8 Å². The van der Waals surface area contributed by atoms with Crippen LogP contribution in [0.5, 0.6) is 0 Å². The molecule has 0 spiro atoms. The maximum Gasteiger partial charge on any atom is 0.278 e. The van der Waals surface area contributed by atoms with Gasteiger partial charge in [0.2, 0.25) is 0 Å². The number of halogens is 1. The minimum Gasteiger partial charge on any atom is -0.339 e. The molecule has 1 aliphatic heterocycles. The van der Waals surface area contributed by atoms with Crippen LogP contribution in [0, 0.1) is 6.92 Å². The summed E-state index contributed by atoms with van der Waals surface area (Å²) in [5, 5.41) is 3.89. The van der Waals surface area contributed by atoms with Gasteiger partial charge < -0.3 is 10.2 Å². The summed E-state index contributed by atoms with van der Waals surface area (Å²) in [6, 6.07) is 13.7. The molecule has 0 radical (unpaired) electrons. The van der Waals surface area contributed by atoms with Crippen molar-refractivity contribution in [1.82, 2.24) is 9.97 Å². The minimum absolute atomic E-state index is 0.103. The summed E-state index contributed by atoms with van der Waals surface area (Å²) in [6.45, 7) is 4.01. The highest BCUT2D eigenvalue weighted by atomic mass is 35.5. The summed E-state index contributed by atoms with van der Waals surface area (Å²) in [5.74, 6) is 0.445. The third kappa shape index (κ3) is 3.38. The Balaban J connectivity index is 1.55. The molecular weight excluding hydrogens is 360 g/mol. The molecule has 27 heavy (non-hydrogen) atoms. The number of nitrogens with zero attached hydrogens (tertiary/aromatic N) is 3. The molecule has 6 heteroatoms. The van der Waals surface area contributed by atoms with Crippen LogP contribution in [0.4, 0.5) is 17.2 Å². The van der Waals surface area contributed by atoms with E-state index in [1.54, 1.807) is 11.1 Å². The predicted octanol–water partition coefficient (Wildman–Crippen LogP) is 4.77. The molecule has 2 heterocycles. The lowest BCUT2D eigenvalue weighted by molar-refractivity contribution is 0.0976. The van der Waals surface area contributed by atoms with E-state index in [-0.39, 0.29) is 11.9 Å². The molecule has 0 saturated heterocycles. The van der Waals surface area contributed by atoms with E-state index in [0.29, 0.717) is 16.5 Å². The molecule has 0 fully saturated rings. The second-order valence-electron chi connectivity index (χ2n) is 6.73. The number of fused-ring (bicyclic) bond motifs is 1. The van der Waals surface area contributed by atoms with Crippen molar-refractivity contribution in [2.45, 2.75) is 26.3 Å². The number of amides is 1. The first-order chi connectivity index (χ1) is 13.0. The lowest BCUT2D eigenvalue weighted by atomic mass is 10.1. The number of benzene rings is 2. The Hall–Kier alpha value is -2.92. The normalized spacial score (nSPS) is 15.5. The summed E-state index contributed by atoms with van der Waals surface area (Å²) < 4.78 is 0. The average molecular weight is 379 g/mol. The number of hydrogen-bond donors (Lipinski definition) is 1. The third-order valence-electron chi connectivity index (χ3n) is 4.75. The quantitative estimate of drug-likeness (QED) is 0.713. The van der Waals surface area contributed by atoms with Crippen molar-refractivity contribution in [3.8, 4) is 0 Å². The Labute approximate surface area is 163 Å². The van der Waals surface area contributed by atoms with E-state index in [1.807, 2.05) is 50.2 Å². The molecule has 1 aromatic heterocycles. The zero-order chi connectivity index (χ0) is 19.0. The number of aromatic nitrogens is 2. The van der Waals surface area contributed by atoms with Gasteiger partial charge in [0, 0.05) is 22.4 Å².